The molecule has 0 fully saturated rings. The van der Waals surface area contributed by atoms with Crippen molar-refractivity contribution < 1.29 is 23.9 Å². The van der Waals surface area contributed by atoms with Crippen LogP contribution in [0.25, 0.3) is 0 Å². The van der Waals surface area contributed by atoms with Crippen LogP contribution in [-0.2, 0) is 51.5 Å². The van der Waals surface area contributed by atoms with E-state index in [1.54, 1.807) is 36.4 Å². The predicted octanol–water partition coefficient (Wildman–Crippen LogP) is 3.62. The lowest BCUT2D eigenvalue weighted by Crippen LogP contribution is -2.60. The van der Waals surface area contributed by atoms with Crippen LogP contribution in [0.1, 0.15) is 41.7 Å². The van der Waals surface area contributed by atoms with Crippen molar-refractivity contribution in [2.75, 3.05) is 6.61 Å². The smallest absolute Gasteiger partial charge is 0.245 e. The minimum absolute atomic E-state index is 0.00725. The first-order valence-electron chi connectivity index (χ1n) is 16.0. The highest BCUT2D eigenvalue weighted by molar-refractivity contribution is 5.93. The topological polar surface area (TPSA) is 143 Å². The van der Waals surface area contributed by atoms with Crippen LogP contribution in [0.3, 0.4) is 0 Å². The van der Waals surface area contributed by atoms with E-state index in [0.717, 1.165) is 32.8 Å². The molecule has 4 rings (SSSR count). The van der Waals surface area contributed by atoms with Crippen molar-refractivity contribution in [3.63, 3.8) is 0 Å². The van der Waals surface area contributed by atoms with E-state index < -0.39 is 35.7 Å². The molecule has 250 valence electrons. The van der Waals surface area contributed by atoms with Crippen LogP contribution in [-0.4, -0.2) is 47.3 Å². The third-order valence-electron chi connectivity index (χ3n) is 7.71. The maximum atomic E-state index is 14.2. The second kappa shape index (κ2) is 18.0. The monoisotopic (exact) mass is 649 g/mol. The first-order valence-corrected chi connectivity index (χ1v) is 16.0. The van der Waals surface area contributed by atoms with Gasteiger partial charge in [0.2, 0.25) is 23.6 Å². The molecule has 48 heavy (non-hydrogen) atoms. The van der Waals surface area contributed by atoms with E-state index in [-0.39, 0.29) is 25.8 Å². The lowest BCUT2D eigenvalue weighted by molar-refractivity contribution is -0.148. The van der Waals surface area contributed by atoms with Crippen LogP contribution in [0.2, 0.25) is 0 Å². The zero-order valence-corrected chi connectivity index (χ0v) is 27.4. The molecule has 0 bridgehead atoms. The number of benzene rings is 4. The van der Waals surface area contributed by atoms with Gasteiger partial charge in [-0.2, -0.15) is 0 Å². The summed E-state index contributed by atoms with van der Waals surface area (Å²) in [5, 5.41) is 6.87. The number of amides is 4. The standard InChI is InChI=1S/C38H43N5O5/c1-3-48-33-20-18-30(19-21-33)23-35(43(27(2)44)42-36(45)24-29-12-8-5-9-13-29)38(47)41-34(22-28-10-6-4-7-11-28)37(46)40-26-32-16-14-31(25-39)15-17-32/h4-21,34-35H,3,22-26,39H2,1-2H3,(H,40,46)(H,41,47)(H,42,45)/t34?,35-/m1/s1. The minimum atomic E-state index is -1.17. The predicted molar refractivity (Wildman–Crippen MR) is 184 cm³/mol. The molecule has 0 radical (unpaired) electrons. The Kier molecular flexibility index (Phi) is 13.3. The maximum Gasteiger partial charge on any atom is 0.245 e. The highest BCUT2D eigenvalue weighted by atomic mass is 16.5. The molecule has 0 spiro atoms. The Morgan fingerprint density at radius 1 is 0.708 bits per heavy atom. The third-order valence-corrected chi connectivity index (χ3v) is 7.71. The van der Waals surface area contributed by atoms with Gasteiger partial charge in [0.25, 0.3) is 0 Å². The van der Waals surface area contributed by atoms with E-state index in [1.165, 1.54) is 6.92 Å². The first kappa shape index (κ1) is 35.4. The zero-order valence-electron chi connectivity index (χ0n) is 27.4. The molecule has 0 saturated carbocycles. The summed E-state index contributed by atoms with van der Waals surface area (Å²) in [6, 6.07) is 31.1. The number of rotatable bonds is 15. The highest BCUT2D eigenvalue weighted by Crippen LogP contribution is 2.16. The van der Waals surface area contributed by atoms with Crippen molar-refractivity contribution >= 4 is 23.6 Å². The van der Waals surface area contributed by atoms with E-state index in [9.17, 15) is 19.2 Å². The van der Waals surface area contributed by atoms with Crippen LogP contribution in [0.15, 0.2) is 109 Å². The molecule has 4 amide bonds. The summed E-state index contributed by atoms with van der Waals surface area (Å²) in [6.07, 6.45) is 0.282. The molecule has 0 saturated heterocycles. The molecule has 5 N–H and O–H groups in total. The average molecular weight is 650 g/mol. The van der Waals surface area contributed by atoms with E-state index in [2.05, 4.69) is 16.1 Å². The average Bonchev–Trinajstić information content (AvgIpc) is 3.10. The van der Waals surface area contributed by atoms with E-state index in [1.807, 2.05) is 79.7 Å². The molecule has 0 aliphatic heterocycles. The molecular weight excluding hydrogens is 606 g/mol. The van der Waals surface area contributed by atoms with Crippen LogP contribution in [0.5, 0.6) is 5.75 Å². The van der Waals surface area contributed by atoms with Crippen LogP contribution in [0, 0.1) is 0 Å². The fourth-order valence-corrected chi connectivity index (χ4v) is 5.18. The number of nitrogens with one attached hydrogen (secondary N) is 3. The SMILES string of the molecule is CCOc1ccc(C[C@H](C(=O)NC(Cc2ccccc2)C(=O)NCc2ccc(CN)cc2)N(NC(=O)Cc2ccccc2)C(C)=O)cc1. The van der Waals surface area contributed by atoms with Crippen molar-refractivity contribution in [1.29, 1.82) is 0 Å². The van der Waals surface area contributed by atoms with Crippen molar-refractivity contribution in [1.82, 2.24) is 21.1 Å². The normalized spacial score (nSPS) is 11.9. The van der Waals surface area contributed by atoms with E-state index in [0.29, 0.717) is 18.9 Å². The number of nitrogens with two attached hydrogens (primary N) is 1. The second-order valence-electron chi connectivity index (χ2n) is 11.4. The molecule has 4 aromatic rings. The Morgan fingerprint density at radius 3 is 1.85 bits per heavy atom. The summed E-state index contributed by atoms with van der Waals surface area (Å²) >= 11 is 0. The van der Waals surface area contributed by atoms with Gasteiger partial charge >= 0.3 is 0 Å². The fraction of sp³-hybridized carbons (Fsp3) is 0.263. The molecule has 10 nitrogen and oxygen atoms in total. The molecule has 0 aromatic heterocycles. The number of ether oxygens (including phenoxy) is 1. The van der Waals surface area contributed by atoms with Gasteiger partial charge in [-0.05, 0) is 46.9 Å². The molecule has 0 aliphatic carbocycles. The van der Waals surface area contributed by atoms with Crippen LogP contribution < -0.4 is 26.5 Å². The molecular formula is C38H43N5O5. The van der Waals surface area contributed by atoms with Crippen molar-refractivity contribution in [2.45, 2.75) is 58.3 Å². The summed E-state index contributed by atoms with van der Waals surface area (Å²) in [6.45, 7) is 4.33. The summed E-state index contributed by atoms with van der Waals surface area (Å²) in [5.74, 6) is -1.31. The minimum Gasteiger partial charge on any atom is -0.494 e. The maximum absolute atomic E-state index is 14.2. The summed E-state index contributed by atoms with van der Waals surface area (Å²) < 4.78 is 5.56. The Labute approximate surface area is 281 Å². The number of hydrazine groups is 1. The molecule has 10 heteroatoms. The lowest BCUT2D eigenvalue weighted by atomic mass is 10.0. The van der Waals surface area contributed by atoms with Gasteiger partial charge in [0, 0.05) is 32.9 Å². The van der Waals surface area contributed by atoms with Gasteiger partial charge in [0.15, 0.2) is 0 Å². The Bertz CT molecular complexity index is 1630. The fourth-order valence-electron chi connectivity index (χ4n) is 5.18. The Morgan fingerprint density at radius 2 is 1.27 bits per heavy atom. The molecule has 1 unspecified atom stereocenters. The van der Waals surface area contributed by atoms with Crippen LogP contribution >= 0.6 is 0 Å². The summed E-state index contributed by atoms with van der Waals surface area (Å²) in [5.41, 5.74) is 12.5. The number of carbonyl (C=O) groups is 4. The number of nitrogens with zero attached hydrogens (tertiary/aromatic N) is 1. The molecule has 2 atom stereocenters. The van der Waals surface area contributed by atoms with Crippen molar-refractivity contribution in [2.24, 2.45) is 5.73 Å². The lowest BCUT2D eigenvalue weighted by Gasteiger charge is -2.31. The van der Waals surface area contributed by atoms with Gasteiger partial charge in [0.05, 0.1) is 13.0 Å². The van der Waals surface area contributed by atoms with Crippen molar-refractivity contribution in [3.8, 4) is 5.75 Å². The van der Waals surface area contributed by atoms with Gasteiger partial charge in [-0.1, -0.05) is 97.1 Å². The largest absolute Gasteiger partial charge is 0.494 e. The zero-order chi connectivity index (χ0) is 34.3. The molecule has 0 heterocycles. The quantitative estimate of drug-likeness (QED) is 0.145. The van der Waals surface area contributed by atoms with Crippen LogP contribution in [0.4, 0.5) is 0 Å². The molecule has 4 aromatic carbocycles. The second-order valence-corrected chi connectivity index (χ2v) is 11.4. The van der Waals surface area contributed by atoms with Gasteiger partial charge in [-0.3, -0.25) is 24.6 Å². The molecule has 0 aliphatic rings. The summed E-state index contributed by atoms with van der Waals surface area (Å²) in [7, 11) is 0. The summed E-state index contributed by atoms with van der Waals surface area (Å²) in [4.78, 5) is 54.0. The number of hydrogen-bond acceptors (Lipinski definition) is 6. The highest BCUT2D eigenvalue weighted by Gasteiger charge is 2.33. The van der Waals surface area contributed by atoms with E-state index >= 15 is 0 Å². The third kappa shape index (κ3) is 10.8. The number of hydrogen-bond donors (Lipinski definition) is 4. The van der Waals surface area contributed by atoms with Gasteiger partial charge in [0.1, 0.15) is 17.8 Å². The Hall–Kier alpha value is -5.48. The first-order chi connectivity index (χ1) is 23.2. The van der Waals surface area contributed by atoms with Crippen molar-refractivity contribution in [3.05, 3.63) is 137 Å². The van der Waals surface area contributed by atoms with Gasteiger partial charge in [-0.15, -0.1) is 0 Å². The van der Waals surface area contributed by atoms with E-state index in [4.69, 9.17) is 10.5 Å². The number of carbonyl (C=O) groups excluding carboxylic acids is 4. The van der Waals surface area contributed by atoms with Gasteiger partial charge in [-0.25, -0.2) is 5.01 Å². The van der Waals surface area contributed by atoms with Gasteiger partial charge < -0.3 is 21.1 Å². The Balaban J connectivity index is 1.59.